The Morgan fingerprint density at radius 1 is 1.27 bits per heavy atom. The molecule has 30 heavy (non-hydrogen) atoms. The number of thioether (sulfide) groups is 1. The van der Waals surface area contributed by atoms with Gasteiger partial charge in [-0.1, -0.05) is 49.3 Å². The Morgan fingerprint density at radius 2 is 2.03 bits per heavy atom. The van der Waals surface area contributed by atoms with E-state index in [1.807, 2.05) is 34.7 Å². The van der Waals surface area contributed by atoms with Crippen molar-refractivity contribution in [2.24, 2.45) is 7.05 Å². The second-order valence-electron chi connectivity index (χ2n) is 7.58. The van der Waals surface area contributed by atoms with Crippen molar-refractivity contribution in [1.82, 2.24) is 29.9 Å². The van der Waals surface area contributed by atoms with Crippen LogP contribution < -0.4 is 0 Å². The van der Waals surface area contributed by atoms with Crippen molar-refractivity contribution in [3.63, 3.8) is 0 Å². The predicted molar refractivity (Wildman–Crippen MR) is 114 cm³/mol. The molecule has 0 N–H and O–H groups in total. The highest BCUT2D eigenvalue weighted by Gasteiger charge is 2.34. The van der Waals surface area contributed by atoms with E-state index >= 15 is 0 Å². The summed E-state index contributed by atoms with van der Waals surface area (Å²) in [6.45, 7) is 4.43. The van der Waals surface area contributed by atoms with Gasteiger partial charge in [-0.15, -0.1) is 20.4 Å². The average molecular weight is 447 g/mol. The lowest BCUT2D eigenvalue weighted by Crippen LogP contribution is -2.34. The number of rotatable bonds is 8. The van der Waals surface area contributed by atoms with E-state index in [4.69, 9.17) is 16.0 Å². The van der Waals surface area contributed by atoms with Crippen LogP contribution in [0.4, 0.5) is 0 Å². The fourth-order valence-corrected chi connectivity index (χ4v) is 4.20. The van der Waals surface area contributed by atoms with Crippen molar-refractivity contribution in [1.29, 1.82) is 0 Å². The Labute approximate surface area is 184 Å². The van der Waals surface area contributed by atoms with Crippen LogP contribution in [0.1, 0.15) is 44.3 Å². The Hall–Kier alpha value is -2.39. The number of benzene rings is 1. The third-order valence-corrected chi connectivity index (χ3v) is 6.23. The molecule has 0 bridgehead atoms. The summed E-state index contributed by atoms with van der Waals surface area (Å²) < 4.78 is 7.73. The summed E-state index contributed by atoms with van der Waals surface area (Å²) in [7, 11) is 1.93. The molecule has 1 aromatic carbocycles. The molecular formula is C20H23ClN6O2S. The fraction of sp³-hybridized carbons (Fsp3) is 0.450. The monoisotopic (exact) mass is 446 g/mol. The van der Waals surface area contributed by atoms with Crippen LogP contribution in [0.25, 0.3) is 11.5 Å². The van der Waals surface area contributed by atoms with Crippen LogP contribution in [0.2, 0.25) is 5.02 Å². The van der Waals surface area contributed by atoms with Gasteiger partial charge in [0, 0.05) is 19.0 Å². The van der Waals surface area contributed by atoms with Crippen LogP contribution >= 0.6 is 23.4 Å². The first-order chi connectivity index (χ1) is 14.4. The van der Waals surface area contributed by atoms with E-state index in [1.54, 1.807) is 6.07 Å². The SMILES string of the molecule is CC(C)c1nnc(SCC(=O)N(Cc2nnc(-c3ccccc3Cl)o2)C2CC2)n1C. The van der Waals surface area contributed by atoms with Crippen LogP contribution in [-0.2, 0) is 18.4 Å². The highest BCUT2D eigenvalue weighted by Crippen LogP contribution is 2.31. The average Bonchev–Trinajstić information content (AvgIpc) is 3.34. The lowest BCUT2D eigenvalue weighted by molar-refractivity contribution is -0.129. The first-order valence-electron chi connectivity index (χ1n) is 9.83. The van der Waals surface area contributed by atoms with Gasteiger partial charge >= 0.3 is 0 Å². The summed E-state index contributed by atoms with van der Waals surface area (Å²) >= 11 is 7.61. The van der Waals surface area contributed by atoms with E-state index in [1.165, 1.54) is 11.8 Å². The third kappa shape index (κ3) is 4.52. The first-order valence-corrected chi connectivity index (χ1v) is 11.2. The van der Waals surface area contributed by atoms with Gasteiger partial charge in [-0.05, 0) is 25.0 Å². The maximum Gasteiger partial charge on any atom is 0.249 e. The second-order valence-corrected chi connectivity index (χ2v) is 8.93. The number of nitrogens with zero attached hydrogens (tertiary/aromatic N) is 6. The molecule has 2 heterocycles. The van der Waals surface area contributed by atoms with Crippen LogP contribution in [-0.4, -0.2) is 47.6 Å². The van der Waals surface area contributed by atoms with Crippen molar-refractivity contribution in [2.45, 2.75) is 50.4 Å². The van der Waals surface area contributed by atoms with Gasteiger partial charge in [0.2, 0.25) is 17.7 Å². The van der Waals surface area contributed by atoms with Gasteiger partial charge in [0.25, 0.3) is 0 Å². The zero-order valence-electron chi connectivity index (χ0n) is 17.1. The lowest BCUT2D eigenvalue weighted by atomic mass is 10.2. The second kappa shape index (κ2) is 8.77. The smallest absolute Gasteiger partial charge is 0.249 e. The summed E-state index contributed by atoms with van der Waals surface area (Å²) in [6.07, 6.45) is 1.98. The van der Waals surface area contributed by atoms with Crippen LogP contribution in [0.15, 0.2) is 33.8 Å². The predicted octanol–water partition coefficient (Wildman–Crippen LogP) is 3.93. The molecule has 0 saturated heterocycles. The third-order valence-electron chi connectivity index (χ3n) is 4.89. The topological polar surface area (TPSA) is 89.9 Å². The standard InChI is InChI=1S/C20H23ClN6O2S/c1-12(2)18-23-25-20(26(18)3)30-11-17(28)27(13-8-9-13)10-16-22-24-19(29-16)14-6-4-5-7-15(14)21/h4-7,12-13H,8-11H2,1-3H3. The number of aromatic nitrogens is 5. The quantitative estimate of drug-likeness (QED) is 0.484. The summed E-state index contributed by atoms with van der Waals surface area (Å²) in [5, 5.41) is 17.9. The van der Waals surface area contributed by atoms with E-state index < -0.39 is 0 Å². The highest BCUT2D eigenvalue weighted by molar-refractivity contribution is 7.99. The van der Waals surface area contributed by atoms with Crippen LogP contribution in [0.3, 0.4) is 0 Å². The zero-order valence-corrected chi connectivity index (χ0v) is 18.7. The zero-order chi connectivity index (χ0) is 21.3. The van der Waals surface area contributed by atoms with E-state index in [0.717, 1.165) is 23.8 Å². The summed E-state index contributed by atoms with van der Waals surface area (Å²) in [4.78, 5) is 14.7. The van der Waals surface area contributed by atoms with Gasteiger partial charge in [0.1, 0.15) is 5.82 Å². The molecule has 4 rings (SSSR count). The molecule has 0 aliphatic heterocycles. The van der Waals surface area contributed by atoms with Gasteiger partial charge in [0.05, 0.1) is 22.9 Å². The number of hydrogen-bond acceptors (Lipinski definition) is 7. The van der Waals surface area contributed by atoms with Crippen molar-refractivity contribution in [2.75, 3.05) is 5.75 Å². The van der Waals surface area contributed by atoms with E-state index in [-0.39, 0.29) is 30.2 Å². The maximum atomic E-state index is 12.9. The molecule has 2 aromatic heterocycles. The number of amides is 1. The molecule has 8 nitrogen and oxygen atoms in total. The summed E-state index contributed by atoms with van der Waals surface area (Å²) in [5.74, 6) is 2.24. The molecule has 10 heteroatoms. The lowest BCUT2D eigenvalue weighted by Gasteiger charge is -2.20. The number of carbonyl (C=O) groups is 1. The van der Waals surface area contributed by atoms with Gasteiger partial charge in [0.15, 0.2) is 5.16 Å². The molecule has 1 aliphatic carbocycles. The van der Waals surface area contributed by atoms with Crippen molar-refractivity contribution < 1.29 is 9.21 Å². The minimum atomic E-state index is 0.0223. The van der Waals surface area contributed by atoms with E-state index in [2.05, 4.69) is 34.2 Å². The van der Waals surface area contributed by atoms with Gasteiger partial charge < -0.3 is 13.9 Å². The molecule has 1 aliphatic rings. The molecule has 0 atom stereocenters. The molecule has 158 valence electrons. The number of halogens is 1. The van der Waals surface area contributed by atoms with Crippen molar-refractivity contribution >= 4 is 29.3 Å². The molecular weight excluding hydrogens is 424 g/mol. The van der Waals surface area contributed by atoms with Crippen LogP contribution in [0, 0.1) is 0 Å². The normalized spacial score (nSPS) is 13.8. The van der Waals surface area contributed by atoms with Crippen LogP contribution in [0.5, 0.6) is 0 Å². The first kappa shape index (κ1) is 20.9. The van der Waals surface area contributed by atoms with Gasteiger partial charge in [-0.3, -0.25) is 4.79 Å². The van der Waals surface area contributed by atoms with Crippen molar-refractivity contribution in [3.05, 3.63) is 41.0 Å². The van der Waals surface area contributed by atoms with Crippen molar-refractivity contribution in [3.8, 4) is 11.5 Å². The number of carbonyl (C=O) groups excluding carboxylic acids is 1. The molecule has 0 unspecified atom stereocenters. The Kier molecular flexibility index (Phi) is 6.10. The Morgan fingerprint density at radius 3 is 2.70 bits per heavy atom. The molecule has 1 amide bonds. The van der Waals surface area contributed by atoms with Gasteiger partial charge in [-0.25, -0.2) is 0 Å². The molecule has 0 spiro atoms. The van der Waals surface area contributed by atoms with Gasteiger partial charge in [-0.2, -0.15) is 0 Å². The minimum Gasteiger partial charge on any atom is -0.419 e. The molecule has 0 radical (unpaired) electrons. The molecule has 1 fully saturated rings. The largest absolute Gasteiger partial charge is 0.419 e. The fourth-order valence-electron chi connectivity index (χ4n) is 3.18. The molecule has 1 saturated carbocycles. The highest BCUT2D eigenvalue weighted by atomic mass is 35.5. The summed E-state index contributed by atoms with van der Waals surface area (Å²) in [5.41, 5.74) is 0.681. The van der Waals surface area contributed by atoms with E-state index in [9.17, 15) is 4.79 Å². The Balaban J connectivity index is 1.42. The van der Waals surface area contributed by atoms with E-state index in [0.29, 0.717) is 22.4 Å². The minimum absolute atomic E-state index is 0.0223. The maximum absolute atomic E-state index is 12.9. The molecule has 3 aromatic rings. The Bertz CT molecular complexity index is 1050. The number of hydrogen-bond donors (Lipinski definition) is 0. The summed E-state index contributed by atoms with van der Waals surface area (Å²) in [6, 6.07) is 7.52.